The molecule has 1 aliphatic heterocycles. The highest BCUT2D eigenvalue weighted by Crippen LogP contribution is 2.39. The number of phenols is 1. The summed E-state index contributed by atoms with van der Waals surface area (Å²) in [5, 5.41) is 9.97. The van der Waals surface area contributed by atoms with E-state index in [4.69, 9.17) is 9.47 Å². The van der Waals surface area contributed by atoms with Crippen LogP contribution in [0.1, 0.15) is 55.4 Å². The highest BCUT2D eigenvalue weighted by molar-refractivity contribution is 5.38. The molecule has 40 heavy (non-hydrogen) atoms. The SMILES string of the molecule is CCN(Cc1ccc(CCN2CCC(C)CC2)cc1)C1C=C(OC)C(OC)=CC1[C@@H]1CCc2cc(O)ccc2C1. The van der Waals surface area contributed by atoms with Gasteiger partial charge in [0.15, 0.2) is 11.5 Å². The molecule has 1 N–H and O–H groups in total. The average molecular weight is 545 g/mol. The summed E-state index contributed by atoms with van der Waals surface area (Å²) in [6.07, 6.45) is 11.5. The Morgan fingerprint density at radius 1 is 0.900 bits per heavy atom. The summed E-state index contributed by atoms with van der Waals surface area (Å²) in [5.41, 5.74) is 5.44. The molecule has 5 nitrogen and oxygen atoms in total. The van der Waals surface area contributed by atoms with Crippen LogP contribution < -0.4 is 0 Å². The lowest BCUT2D eigenvalue weighted by molar-refractivity contribution is 0.132. The number of aryl methyl sites for hydroxylation is 1. The zero-order valence-electron chi connectivity index (χ0n) is 24.9. The first-order valence-corrected chi connectivity index (χ1v) is 15.3. The van der Waals surface area contributed by atoms with Gasteiger partial charge in [0.05, 0.1) is 14.2 Å². The Bertz CT molecular complexity index is 1180. The summed E-state index contributed by atoms with van der Waals surface area (Å²) in [6.45, 7) is 10.2. The van der Waals surface area contributed by atoms with Crippen molar-refractivity contribution < 1.29 is 14.6 Å². The number of hydrogen-bond donors (Lipinski definition) is 1. The molecule has 0 spiro atoms. The van der Waals surface area contributed by atoms with Gasteiger partial charge in [0.2, 0.25) is 0 Å². The van der Waals surface area contributed by atoms with Crippen LogP contribution in [-0.4, -0.2) is 61.3 Å². The number of likely N-dealkylation sites (tertiary alicyclic amines) is 1. The molecule has 2 aliphatic carbocycles. The van der Waals surface area contributed by atoms with E-state index in [0.717, 1.165) is 56.2 Å². The van der Waals surface area contributed by atoms with Crippen LogP contribution >= 0.6 is 0 Å². The molecule has 5 heteroatoms. The predicted octanol–water partition coefficient (Wildman–Crippen LogP) is 6.35. The zero-order chi connectivity index (χ0) is 28.1. The van der Waals surface area contributed by atoms with E-state index in [0.29, 0.717) is 17.6 Å². The van der Waals surface area contributed by atoms with Crippen molar-refractivity contribution in [1.82, 2.24) is 9.80 Å². The van der Waals surface area contributed by atoms with Gasteiger partial charge in [0.25, 0.3) is 0 Å². The third-order valence-corrected chi connectivity index (χ3v) is 9.57. The second-order valence-electron chi connectivity index (χ2n) is 12.1. The maximum absolute atomic E-state index is 9.97. The Morgan fingerprint density at radius 2 is 1.60 bits per heavy atom. The average Bonchev–Trinajstić information content (AvgIpc) is 2.99. The maximum Gasteiger partial charge on any atom is 0.158 e. The van der Waals surface area contributed by atoms with Crippen LogP contribution in [0, 0.1) is 17.8 Å². The van der Waals surface area contributed by atoms with Gasteiger partial charge in [0, 0.05) is 25.0 Å². The van der Waals surface area contributed by atoms with Gasteiger partial charge in [-0.3, -0.25) is 4.90 Å². The second kappa shape index (κ2) is 13.3. The molecule has 2 unspecified atom stereocenters. The van der Waals surface area contributed by atoms with E-state index < -0.39 is 0 Å². The van der Waals surface area contributed by atoms with Crippen LogP contribution in [0.5, 0.6) is 5.75 Å². The molecule has 0 radical (unpaired) electrons. The summed E-state index contributed by atoms with van der Waals surface area (Å²) < 4.78 is 11.6. The molecule has 216 valence electrons. The van der Waals surface area contributed by atoms with Crippen molar-refractivity contribution in [2.75, 3.05) is 40.4 Å². The normalized spacial score (nSPS) is 23.9. The van der Waals surface area contributed by atoms with Gasteiger partial charge in [-0.15, -0.1) is 0 Å². The fourth-order valence-electron chi connectivity index (χ4n) is 6.95. The number of benzene rings is 2. The number of methoxy groups -OCH3 is 2. The molecule has 0 amide bonds. The second-order valence-corrected chi connectivity index (χ2v) is 12.1. The number of hydrogen-bond acceptors (Lipinski definition) is 5. The van der Waals surface area contributed by atoms with Gasteiger partial charge in [0.1, 0.15) is 5.75 Å². The number of rotatable bonds is 10. The van der Waals surface area contributed by atoms with Gasteiger partial charge in [-0.05, 0) is 117 Å². The van der Waals surface area contributed by atoms with Crippen LogP contribution in [0.4, 0.5) is 0 Å². The Morgan fingerprint density at radius 3 is 2.30 bits per heavy atom. The van der Waals surface area contributed by atoms with Crippen molar-refractivity contribution in [1.29, 1.82) is 0 Å². The largest absolute Gasteiger partial charge is 0.508 e. The van der Waals surface area contributed by atoms with Crippen molar-refractivity contribution >= 4 is 0 Å². The van der Waals surface area contributed by atoms with Crippen LogP contribution in [0.15, 0.2) is 66.1 Å². The molecule has 1 fully saturated rings. The van der Waals surface area contributed by atoms with Crippen LogP contribution in [0.25, 0.3) is 0 Å². The highest BCUT2D eigenvalue weighted by Gasteiger charge is 2.37. The minimum absolute atomic E-state index is 0.226. The molecule has 5 rings (SSSR count). The van der Waals surface area contributed by atoms with Gasteiger partial charge in [-0.1, -0.05) is 44.2 Å². The van der Waals surface area contributed by atoms with Crippen molar-refractivity contribution in [3.63, 3.8) is 0 Å². The third kappa shape index (κ3) is 6.75. The van der Waals surface area contributed by atoms with E-state index >= 15 is 0 Å². The number of aromatic hydroxyl groups is 1. The minimum Gasteiger partial charge on any atom is -0.508 e. The smallest absolute Gasteiger partial charge is 0.158 e. The molecular formula is C35H48N2O3. The van der Waals surface area contributed by atoms with Crippen LogP contribution in [0.3, 0.4) is 0 Å². The monoisotopic (exact) mass is 544 g/mol. The first-order chi connectivity index (χ1) is 19.5. The zero-order valence-corrected chi connectivity index (χ0v) is 24.9. The molecule has 0 bridgehead atoms. The van der Waals surface area contributed by atoms with Gasteiger partial charge in [-0.25, -0.2) is 0 Å². The third-order valence-electron chi connectivity index (χ3n) is 9.57. The van der Waals surface area contributed by atoms with Crippen molar-refractivity contribution in [3.8, 4) is 5.75 Å². The highest BCUT2D eigenvalue weighted by atomic mass is 16.5. The summed E-state index contributed by atoms with van der Waals surface area (Å²) in [4.78, 5) is 5.21. The number of nitrogens with zero attached hydrogens (tertiary/aromatic N) is 2. The molecule has 2 aromatic rings. The van der Waals surface area contributed by atoms with E-state index in [2.05, 4.69) is 66.1 Å². The maximum atomic E-state index is 9.97. The number of ether oxygens (including phenoxy) is 2. The lowest BCUT2D eigenvalue weighted by Gasteiger charge is -2.41. The van der Waals surface area contributed by atoms with Crippen molar-refractivity contribution in [3.05, 3.63) is 88.4 Å². The topological polar surface area (TPSA) is 45.2 Å². The van der Waals surface area contributed by atoms with Crippen LogP contribution in [0.2, 0.25) is 0 Å². The van der Waals surface area contributed by atoms with Gasteiger partial charge >= 0.3 is 0 Å². The van der Waals surface area contributed by atoms with E-state index in [1.54, 1.807) is 14.2 Å². The number of fused-ring (bicyclic) bond motifs is 1. The summed E-state index contributed by atoms with van der Waals surface area (Å²) >= 11 is 0. The Kier molecular flexibility index (Phi) is 9.54. The first-order valence-electron chi connectivity index (χ1n) is 15.3. The molecule has 1 saturated heterocycles. The molecular weight excluding hydrogens is 496 g/mol. The standard InChI is InChI=1S/C35H48N2O3/c1-5-37(24-27-8-6-26(7-9-27)16-19-36-17-14-25(2)15-18-36)33-23-35(40-4)34(39-3)22-32(33)30-11-10-29-21-31(38)13-12-28(29)20-30/h6-9,12-13,21-23,25,30,32-33,38H,5,10-11,14-20,24H2,1-4H3/t30-,32?,33?/m1/s1. The van der Waals surface area contributed by atoms with E-state index in [9.17, 15) is 5.11 Å². The lowest BCUT2D eigenvalue weighted by Crippen LogP contribution is -2.44. The fourth-order valence-corrected chi connectivity index (χ4v) is 6.95. The van der Waals surface area contributed by atoms with E-state index in [1.165, 1.54) is 54.7 Å². The molecule has 0 saturated carbocycles. The molecule has 3 aliphatic rings. The predicted molar refractivity (Wildman–Crippen MR) is 162 cm³/mol. The summed E-state index contributed by atoms with van der Waals surface area (Å²) in [6, 6.07) is 15.4. The quantitative estimate of drug-likeness (QED) is 0.378. The summed E-state index contributed by atoms with van der Waals surface area (Å²) in [7, 11) is 3.47. The number of likely N-dealkylation sites (N-methyl/N-ethyl adjacent to an activating group) is 1. The Balaban J connectivity index is 1.29. The number of phenolic OH excluding ortho intramolecular Hbond substituents is 1. The van der Waals surface area contributed by atoms with E-state index in [-0.39, 0.29) is 6.04 Å². The lowest BCUT2D eigenvalue weighted by atomic mass is 9.72. The minimum atomic E-state index is 0.226. The van der Waals surface area contributed by atoms with E-state index in [1.807, 2.05) is 12.1 Å². The molecule has 3 atom stereocenters. The molecule has 0 aromatic heterocycles. The van der Waals surface area contributed by atoms with Gasteiger partial charge in [-0.2, -0.15) is 0 Å². The fraction of sp³-hybridized carbons (Fsp3) is 0.543. The van der Waals surface area contributed by atoms with Crippen LogP contribution in [-0.2, 0) is 35.3 Å². The van der Waals surface area contributed by atoms with Crippen molar-refractivity contribution in [2.45, 2.75) is 65.0 Å². The first kappa shape index (κ1) is 28.8. The summed E-state index contributed by atoms with van der Waals surface area (Å²) in [5.74, 6) is 3.73. The van der Waals surface area contributed by atoms with Gasteiger partial charge < -0.3 is 19.5 Å². The molecule has 2 aromatic carbocycles. The molecule has 1 heterocycles. The Labute approximate surface area is 241 Å². The number of piperidine rings is 1. The Hall–Kier alpha value is -2.76. The van der Waals surface area contributed by atoms with Crippen molar-refractivity contribution in [2.24, 2.45) is 17.8 Å².